The second-order valence-corrected chi connectivity index (χ2v) is 8.02. The fraction of sp³-hybridized carbons (Fsp3) is 0.278. The van der Waals surface area contributed by atoms with Gasteiger partial charge in [0.05, 0.1) is 21.5 Å². The first kappa shape index (κ1) is 19.4. The van der Waals surface area contributed by atoms with Gasteiger partial charge in [0.2, 0.25) is 0 Å². The number of hydrogen-bond donors (Lipinski definition) is 3. The molecule has 2 heterocycles. The van der Waals surface area contributed by atoms with Gasteiger partial charge in [-0.05, 0) is 36.9 Å². The summed E-state index contributed by atoms with van der Waals surface area (Å²) < 4.78 is 42.2. The van der Waals surface area contributed by atoms with Crippen molar-refractivity contribution in [1.82, 2.24) is 14.5 Å². The molecular formula is C18H16ClF3N4OS. The highest BCUT2D eigenvalue weighted by atomic mass is 35.5. The van der Waals surface area contributed by atoms with E-state index in [1.807, 2.05) is 0 Å². The van der Waals surface area contributed by atoms with E-state index in [0.29, 0.717) is 34.6 Å². The van der Waals surface area contributed by atoms with E-state index in [4.69, 9.17) is 11.6 Å². The fourth-order valence-corrected chi connectivity index (χ4v) is 4.36. The highest BCUT2D eigenvalue weighted by Crippen LogP contribution is 2.39. The summed E-state index contributed by atoms with van der Waals surface area (Å²) in [5.74, 6) is -3.75. The third-order valence-electron chi connectivity index (χ3n) is 4.53. The number of aromatic nitrogens is 2. The van der Waals surface area contributed by atoms with Gasteiger partial charge in [-0.15, -0.1) is 0 Å². The maximum atomic E-state index is 13.5. The van der Waals surface area contributed by atoms with Crippen molar-refractivity contribution in [3.8, 4) is 0 Å². The molecule has 0 atom stereocenters. The van der Waals surface area contributed by atoms with Crippen molar-refractivity contribution in [1.29, 1.82) is 0 Å². The molecule has 1 aromatic heterocycles. The van der Waals surface area contributed by atoms with Gasteiger partial charge in [-0.1, -0.05) is 11.6 Å². The summed E-state index contributed by atoms with van der Waals surface area (Å²) in [6, 6.07) is 5.19. The monoisotopic (exact) mass is 428 g/mol. The van der Waals surface area contributed by atoms with Crippen LogP contribution in [0.1, 0.15) is 12.8 Å². The molecule has 28 heavy (non-hydrogen) atoms. The topological polar surface area (TPSA) is 64.2 Å². The van der Waals surface area contributed by atoms with Crippen LogP contribution in [0.2, 0.25) is 5.02 Å². The fourth-order valence-electron chi connectivity index (χ4n) is 3.05. The maximum Gasteiger partial charge on any atom is 0.194 e. The number of benzene rings is 2. The molecule has 5 nitrogen and oxygen atoms in total. The summed E-state index contributed by atoms with van der Waals surface area (Å²) in [6.07, 6.45) is 1.11. The van der Waals surface area contributed by atoms with E-state index in [1.54, 1.807) is 12.1 Å². The molecule has 1 aliphatic heterocycles. The van der Waals surface area contributed by atoms with Crippen LogP contribution in [-0.4, -0.2) is 38.8 Å². The smallest absolute Gasteiger partial charge is 0.194 e. The molecule has 0 spiro atoms. The molecule has 10 heteroatoms. The van der Waals surface area contributed by atoms with Crippen LogP contribution < -0.4 is 5.32 Å². The quantitative estimate of drug-likeness (QED) is 0.410. The van der Waals surface area contributed by atoms with E-state index in [2.05, 4.69) is 19.8 Å². The molecule has 0 saturated carbocycles. The zero-order chi connectivity index (χ0) is 19.8. The number of aliphatic hydroxyl groups is 1. The number of aromatic amines is 1. The van der Waals surface area contributed by atoms with Crippen LogP contribution in [0.15, 0.2) is 29.2 Å². The molecule has 0 bridgehead atoms. The van der Waals surface area contributed by atoms with Gasteiger partial charge in [-0.2, -0.15) is 5.10 Å². The van der Waals surface area contributed by atoms with Crippen molar-refractivity contribution in [2.24, 2.45) is 0 Å². The highest BCUT2D eigenvalue weighted by Gasteiger charge is 2.21. The van der Waals surface area contributed by atoms with E-state index in [9.17, 15) is 18.3 Å². The zero-order valence-corrected chi connectivity index (χ0v) is 16.0. The minimum Gasteiger partial charge on any atom is -0.393 e. The van der Waals surface area contributed by atoms with Crippen molar-refractivity contribution in [3.63, 3.8) is 0 Å². The molecule has 1 fully saturated rings. The second kappa shape index (κ2) is 7.82. The number of hydrogen-bond acceptors (Lipinski definition) is 5. The molecule has 4 rings (SSSR count). The zero-order valence-electron chi connectivity index (χ0n) is 14.5. The van der Waals surface area contributed by atoms with Crippen LogP contribution in [0, 0.1) is 17.5 Å². The van der Waals surface area contributed by atoms with Gasteiger partial charge < -0.3 is 10.4 Å². The Balaban J connectivity index is 1.63. The van der Waals surface area contributed by atoms with Crippen LogP contribution in [0.4, 0.5) is 24.7 Å². The van der Waals surface area contributed by atoms with Gasteiger partial charge >= 0.3 is 0 Å². The Morgan fingerprint density at radius 3 is 2.54 bits per heavy atom. The highest BCUT2D eigenvalue weighted by molar-refractivity contribution is 7.97. The minimum absolute atomic E-state index is 0.0407. The van der Waals surface area contributed by atoms with Crippen molar-refractivity contribution < 1.29 is 18.3 Å². The van der Waals surface area contributed by atoms with E-state index in [-0.39, 0.29) is 11.8 Å². The molecule has 0 aliphatic carbocycles. The molecule has 3 aromatic rings. The number of rotatable bonds is 4. The number of halogens is 4. The Morgan fingerprint density at radius 2 is 1.86 bits per heavy atom. The number of nitrogens with one attached hydrogen (secondary N) is 2. The number of H-pyrrole nitrogens is 1. The summed E-state index contributed by atoms with van der Waals surface area (Å²) in [7, 11) is 0. The standard InChI is InChI=1S/C18H16ClF3N4OS/c19-12-2-1-11-16(17(12)28-26-5-3-10(27)4-6-26)24-25-18(11)23-9-7-13(20)15(22)14(21)8-9/h1-2,7-8,10,27H,3-6H2,(H2,23,24,25). The molecule has 1 aliphatic rings. The lowest BCUT2D eigenvalue weighted by Gasteiger charge is -2.28. The predicted molar refractivity (Wildman–Crippen MR) is 103 cm³/mol. The molecule has 2 aromatic carbocycles. The Hall–Kier alpha value is -1.94. The van der Waals surface area contributed by atoms with Crippen LogP contribution >= 0.6 is 23.5 Å². The Labute approximate surface area is 168 Å². The third-order valence-corrected chi connectivity index (χ3v) is 6.19. The average Bonchev–Trinajstić information content (AvgIpc) is 3.06. The van der Waals surface area contributed by atoms with E-state index >= 15 is 0 Å². The largest absolute Gasteiger partial charge is 0.393 e. The lowest BCUT2D eigenvalue weighted by Crippen LogP contribution is -2.31. The van der Waals surface area contributed by atoms with Gasteiger partial charge in [0.15, 0.2) is 23.3 Å². The first-order valence-electron chi connectivity index (χ1n) is 8.61. The molecule has 0 unspecified atom stereocenters. The lowest BCUT2D eigenvalue weighted by molar-refractivity contribution is 0.116. The lowest BCUT2D eigenvalue weighted by atomic mass is 10.1. The van der Waals surface area contributed by atoms with Crippen molar-refractivity contribution in [2.45, 2.75) is 23.8 Å². The van der Waals surface area contributed by atoms with Gasteiger partial charge in [0, 0.05) is 36.3 Å². The van der Waals surface area contributed by atoms with E-state index < -0.39 is 17.5 Å². The number of nitrogens with zero attached hydrogens (tertiary/aromatic N) is 2. The maximum absolute atomic E-state index is 13.5. The summed E-state index contributed by atoms with van der Waals surface area (Å²) >= 11 is 7.84. The Kier molecular flexibility index (Phi) is 5.42. The summed E-state index contributed by atoms with van der Waals surface area (Å²) in [6.45, 7) is 1.46. The van der Waals surface area contributed by atoms with Crippen molar-refractivity contribution in [3.05, 3.63) is 46.7 Å². The van der Waals surface area contributed by atoms with Crippen LogP contribution in [-0.2, 0) is 0 Å². The average molecular weight is 429 g/mol. The molecule has 1 saturated heterocycles. The van der Waals surface area contributed by atoms with E-state index in [1.165, 1.54) is 11.9 Å². The first-order chi connectivity index (χ1) is 13.4. The third kappa shape index (κ3) is 3.80. The van der Waals surface area contributed by atoms with Crippen LogP contribution in [0.25, 0.3) is 10.9 Å². The van der Waals surface area contributed by atoms with Crippen LogP contribution in [0.5, 0.6) is 0 Å². The molecular weight excluding hydrogens is 413 g/mol. The number of fused-ring (bicyclic) bond motifs is 1. The van der Waals surface area contributed by atoms with Gasteiger partial charge in [0.25, 0.3) is 0 Å². The number of piperidine rings is 1. The normalized spacial score (nSPS) is 16.0. The summed E-state index contributed by atoms with van der Waals surface area (Å²) in [4.78, 5) is 0.771. The van der Waals surface area contributed by atoms with Crippen molar-refractivity contribution in [2.75, 3.05) is 18.4 Å². The van der Waals surface area contributed by atoms with Crippen molar-refractivity contribution >= 4 is 46.0 Å². The van der Waals surface area contributed by atoms with Gasteiger partial charge in [0.1, 0.15) is 0 Å². The summed E-state index contributed by atoms with van der Waals surface area (Å²) in [5.41, 5.74) is 0.716. The summed E-state index contributed by atoms with van der Waals surface area (Å²) in [5, 5.41) is 20.7. The molecule has 0 amide bonds. The minimum atomic E-state index is -1.52. The Bertz CT molecular complexity index is 1000. The van der Waals surface area contributed by atoms with Crippen LogP contribution in [0.3, 0.4) is 0 Å². The Morgan fingerprint density at radius 1 is 1.18 bits per heavy atom. The number of anilines is 2. The molecule has 148 valence electrons. The molecule has 0 radical (unpaired) electrons. The van der Waals surface area contributed by atoms with Gasteiger partial charge in [-0.3, -0.25) is 5.10 Å². The second-order valence-electron chi connectivity index (χ2n) is 6.50. The SMILES string of the molecule is OC1CCN(Sc2c(Cl)ccc3c(Nc4cc(F)c(F)c(F)c4)n[nH]c23)CC1. The van der Waals surface area contributed by atoms with Gasteiger partial charge in [-0.25, -0.2) is 17.5 Å². The van der Waals surface area contributed by atoms with E-state index in [0.717, 1.165) is 30.1 Å². The number of aliphatic hydroxyl groups excluding tert-OH is 1. The molecule has 3 N–H and O–H groups in total. The predicted octanol–water partition coefficient (Wildman–Crippen LogP) is 4.84. The first-order valence-corrected chi connectivity index (χ1v) is 9.76.